The monoisotopic (exact) mass is 460 g/mol. The third kappa shape index (κ3) is 3.63. The van der Waals surface area contributed by atoms with E-state index in [0.717, 1.165) is 40.5 Å². The first-order chi connectivity index (χ1) is 13.1. The highest BCUT2D eigenvalue weighted by molar-refractivity contribution is 9.10. The molecule has 146 valence electrons. The van der Waals surface area contributed by atoms with Crippen molar-refractivity contribution in [2.45, 2.75) is 44.1 Å². The van der Waals surface area contributed by atoms with Gasteiger partial charge < -0.3 is 8.92 Å². The number of fused-ring (bicyclic) bond motifs is 3. The van der Waals surface area contributed by atoms with Crippen LogP contribution in [0.2, 0.25) is 0 Å². The van der Waals surface area contributed by atoms with Crippen molar-refractivity contribution < 1.29 is 17.3 Å². The van der Waals surface area contributed by atoms with E-state index < -0.39 is 10.1 Å². The normalized spacial score (nSPS) is 15.7. The Balaban J connectivity index is 1.77. The van der Waals surface area contributed by atoms with Crippen LogP contribution in [-0.4, -0.2) is 14.0 Å². The quantitative estimate of drug-likeness (QED) is 0.464. The zero-order chi connectivity index (χ0) is 20.1. The Morgan fingerprint density at radius 1 is 1.07 bits per heavy atom. The number of rotatable bonds is 3. The second kappa shape index (κ2) is 6.78. The zero-order valence-corrected chi connectivity index (χ0v) is 18.4. The summed E-state index contributed by atoms with van der Waals surface area (Å²) >= 11 is 3.45. The van der Waals surface area contributed by atoms with Crippen LogP contribution in [0.15, 0.2) is 57.9 Å². The fourth-order valence-electron chi connectivity index (χ4n) is 3.43. The summed E-state index contributed by atoms with van der Waals surface area (Å²) in [5, 5.41) is 1.96. The van der Waals surface area contributed by atoms with Gasteiger partial charge in [-0.05, 0) is 90.6 Å². The summed E-state index contributed by atoms with van der Waals surface area (Å²) in [7, 11) is -3.92. The van der Waals surface area contributed by atoms with Crippen LogP contribution in [0.3, 0.4) is 0 Å². The van der Waals surface area contributed by atoms with Crippen molar-refractivity contribution in [2.24, 2.45) is 0 Å². The maximum atomic E-state index is 12.7. The van der Waals surface area contributed by atoms with E-state index >= 15 is 0 Å². The summed E-state index contributed by atoms with van der Waals surface area (Å²) in [5.41, 5.74) is 1.87. The maximum absolute atomic E-state index is 12.7. The predicted octanol–water partition coefficient (Wildman–Crippen LogP) is 5.78. The minimum atomic E-state index is -3.92. The summed E-state index contributed by atoms with van der Waals surface area (Å²) in [5.74, 6) is 1.12. The Bertz CT molecular complexity index is 1170. The molecule has 0 saturated carbocycles. The lowest BCUT2D eigenvalue weighted by atomic mass is 9.91. The molecule has 0 atom stereocenters. The maximum Gasteiger partial charge on any atom is 0.339 e. The van der Waals surface area contributed by atoms with Crippen molar-refractivity contribution in [1.29, 1.82) is 0 Å². The topological polar surface area (TPSA) is 52.6 Å². The molecule has 3 aromatic carbocycles. The molecule has 4 nitrogen and oxygen atoms in total. The Kier molecular flexibility index (Phi) is 4.67. The van der Waals surface area contributed by atoms with Crippen LogP contribution in [0.5, 0.6) is 11.5 Å². The Labute approximate surface area is 173 Å². The van der Waals surface area contributed by atoms with Crippen molar-refractivity contribution in [1.82, 2.24) is 0 Å². The van der Waals surface area contributed by atoms with Crippen LogP contribution in [0.25, 0.3) is 10.8 Å². The van der Waals surface area contributed by atoms with Crippen molar-refractivity contribution in [2.75, 3.05) is 0 Å². The molecule has 6 heteroatoms. The van der Waals surface area contributed by atoms with E-state index in [-0.39, 0.29) is 16.2 Å². The average molecular weight is 461 g/mol. The average Bonchev–Trinajstić information content (AvgIpc) is 2.61. The first kappa shape index (κ1) is 19.3. The van der Waals surface area contributed by atoms with Gasteiger partial charge in [-0.1, -0.05) is 23.8 Å². The van der Waals surface area contributed by atoms with E-state index in [4.69, 9.17) is 8.92 Å². The third-order valence-electron chi connectivity index (χ3n) is 5.01. The van der Waals surface area contributed by atoms with E-state index in [9.17, 15) is 8.42 Å². The molecular weight excluding hydrogens is 440 g/mol. The van der Waals surface area contributed by atoms with E-state index in [1.54, 1.807) is 30.3 Å². The highest BCUT2D eigenvalue weighted by Gasteiger charge is 2.28. The van der Waals surface area contributed by atoms with Crippen LogP contribution < -0.4 is 8.92 Å². The van der Waals surface area contributed by atoms with Crippen LogP contribution in [0.1, 0.15) is 31.4 Å². The number of benzene rings is 3. The third-order valence-corrected chi connectivity index (χ3v) is 6.88. The Hall–Kier alpha value is -2.05. The molecule has 28 heavy (non-hydrogen) atoms. The largest absolute Gasteiger partial charge is 0.488 e. The SMILES string of the molecule is Cc1ccc(S(=O)(=O)Oc2cc3c4c(ccc3cc2Br)OC(C)(C)CC4)cc1. The van der Waals surface area contributed by atoms with Crippen LogP contribution in [0.4, 0.5) is 0 Å². The molecule has 0 aromatic heterocycles. The molecule has 0 N–H and O–H groups in total. The van der Waals surface area contributed by atoms with Gasteiger partial charge in [0, 0.05) is 5.56 Å². The number of hydrogen-bond acceptors (Lipinski definition) is 4. The lowest BCUT2D eigenvalue weighted by Crippen LogP contribution is -2.32. The van der Waals surface area contributed by atoms with Crippen molar-refractivity contribution in [3.8, 4) is 11.5 Å². The molecule has 0 radical (unpaired) electrons. The van der Waals surface area contributed by atoms with Gasteiger partial charge in [0.15, 0.2) is 5.75 Å². The number of hydrogen-bond donors (Lipinski definition) is 0. The van der Waals surface area contributed by atoms with Gasteiger partial charge in [-0.15, -0.1) is 0 Å². The lowest BCUT2D eigenvalue weighted by molar-refractivity contribution is 0.0853. The Morgan fingerprint density at radius 3 is 2.50 bits per heavy atom. The van der Waals surface area contributed by atoms with E-state index in [1.165, 1.54) is 0 Å². The summed E-state index contributed by atoms with van der Waals surface area (Å²) in [6, 6.07) is 14.2. The van der Waals surface area contributed by atoms with Gasteiger partial charge >= 0.3 is 10.1 Å². The van der Waals surface area contributed by atoms with Gasteiger partial charge in [-0.3, -0.25) is 0 Å². The molecule has 0 saturated heterocycles. The first-order valence-electron chi connectivity index (χ1n) is 9.10. The molecule has 0 amide bonds. The molecule has 1 aliphatic heterocycles. The number of halogens is 1. The van der Waals surface area contributed by atoms with Gasteiger partial charge in [0.2, 0.25) is 0 Å². The fourth-order valence-corrected chi connectivity index (χ4v) is 4.92. The van der Waals surface area contributed by atoms with Gasteiger partial charge in [0.1, 0.15) is 16.2 Å². The molecule has 0 unspecified atom stereocenters. The molecule has 0 spiro atoms. The minimum Gasteiger partial charge on any atom is -0.488 e. The van der Waals surface area contributed by atoms with Crippen LogP contribution in [-0.2, 0) is 16.5 Å². The standard InChI is InChI=1S/C22H21BrO4S/c1-14-4-7-16(8-5-14)28(24,25)27-21-13-18-15(12-19(21)23)6-9-20-17(18)10-11-22(2,3)26-20/h4-9,12-13H,10-11H2,1-3H3. The molecule has 4 rings (SSSR count). The Morgan fingerprint density at radius 2 is 1.79 bits per heavy atom. The molecule has 0 aliphatic carbocycles. The zero-order valence-electron chi connectivity index (χ0n) is 16.0. The summed E-state index contributed by atoms with van der Waals surface area (Å²) in [6.45, 7) is 6.05. The molecule has 0 bridgehead atoms. The van der Waals surface area contributed by atoms with Crippen molar-refractivity contribution >= 4 is 36.8 Å². The first-order valence-corrected chi connectivity index (χ1v) is 11.3. The smallest absolute Gasteiger partial charge is 0.339 e. The predicted molar refractivity (Wildman–Crippen MR) is 114 cm³/mol. The van der Waals surface area contributed by atoms with E-state index in [0.29, 0.717) is 4.47 Å². The highest BCUT2D eigenvalue weighted by atomic mass is 79.9. The molecule has 3 aromatic rings. The summed E-state index contributed by atoms with van der Waals surface area (Å²) in [4.78, 5) is 0.130. The molecule has 0 fully saturated rings. The molecular formula is C22H21BrO4S. The second-order valence-corrected chi connectivity index (χ2v) is 10.2. The van der Waals surface area contributed by atoms with Gasteiger partial charge in [0.05, 0.1) is 4.47 Å². The summed E-state index contributed by atoms with van der Waals surface area (Å²) < 4.78 is 37.6. The van der Waals surface area contributed by atoms with E-state index in [1.807, 2.05) is 25.1 Å². The highest BCUT2D eigenvalue weighted by Crippen LogP contribution is 2.41. The lowest BCUT2D eigenvalue weighted by Gasteiger charge is -2.33. The number of ether oxygens (including phenoxy) is 1. The van der Waals surface area contributed by atoms with Gasteiger partial charge in [-0.2, -0.15) is 8.42 Å². The van der Waals surface area contributed by atoms with E-state index in [2.05, 4.69) is 29.8 Å². The van der Waals surface area contributed by atoms with Crippen LogP contribution in [0, 0.1) is 6.92 Å². The van der Waals surface area contributed by atoms with Gasteiger partial charge in [0.25, 0.3) is 0 Å². The number of aryl methyl sites for hydroxylation is 2. The summed E-state index contributed by atoms with van der Waals surface area (Å²) in [6.07, 6.45) is 1.76. The van der Waals surface area contributed by atoms with Crippen molar-refractivity contribution in [3.63, 3.8) is 0 Å². The molecule has 1 aliphatic rings. The van der Waals surface area contributed by atoms with Crippen LogP contribution >= 0.6 is 15.9 Å². The minimum absolute atomic E-state index is 0.130. The van der Waals surface area contributed by atoms with Gasteiger partial charge in [-0.25, -0.2) is 0 Å². The second-order valence-electron chi connectivity index (χ2n) is 7.76. The molecule has 1 heterocycles. The fraction of sp³-hybridized carbons (Fsp3) is 0.273. The van der Waals surface area contributed by atoms with Crippen molar-refractivity contribution in [3.05, 3.63) is 64.1 Å².